The zero-order valence-electron chi connectivity index (χ0n) is 12.0. The van der Waals surface area contributed by atoms with Crippen LogP contribution >= 0.6 is 11.6 Å². The second kappa shape index (κ2) is 7.33. The van der Waals surface area contributed by atoms with E-state index < -0.39 is 11.7 Å². The first-order valence-electron chi connectivity index (χ1n) is 7.26. The minimum atomic E-state index is -4.54. The summed E-state index contributed by atoms with van der Waals surface area (Å²) in [5.74, 6) is -0.360. The molecule has 0 aliphatic heterocycles. The molecule has 0 spiro atoms. The maximum atomic E-state index is 12.7. The van der Waals surface area contributed by atoms with Crippen LogP contribution in [0.4, 0.5) is 18.9 Å². The first-order chi connectivity index (χ1) is 10.4. The molecule has 1 fully saturated rings. The smallest absolute Gasteiger partial charge is 0.325 e. The molecule has 3 nitrogen and oxygen atoms in total. The lowest BCUT2D eigenvalue weighted by molar-refractivity contribution is -0.137. The highest BCUT2D eigenvalue weighted by molar-refractivity contribution is 6.31. The maximum Gasteiger partial charge on any atom is 0.417 e. The fraction of sp³-hybridized carbons (Fsp3) is 0.533. The number of halogens is 4. The highest BCUT2D eigenvalue weighted by Crippen LogP contribution is 2.36. The van der Waals surface area contributed by atoms with E-state index >= 15 is 0 Å². The van der Waals surface area contributed by atoms with Gasteiger partial charge in [-0.15, -0.1) is 0 Å². The van der Waals surface area contributed by atoms with E-state index in [0.29, 0.717) is 6.04 Å². The van der Waals surface area contributed by atoms with Crippen LogP contribution in [0.5, 0.6) is 0 Å². The van der Waals surface area contributed by atoms with E-state index in [9.17, 15) is 18.0 Å². The zero-order chi connectivity index (χ0) is 16.2. The van der Waals surface area contributed by atoms with Crippen LogP contribution in [-0.4, -0.2) is 18.5 Å². The largest absolute Gasteiger partial charge is 0.417 e. The third-order valence-electron chi connectivity index (χ3n) is 3.71. The summed E-state index contributed by atoms with van der Waals surface area (Å²) in [4.78, 5) is 11.8. The Labute approximate surface area is 132 Å². The van der Waals surface area contributed by atoms with Crippen molar-refractivity contribution in [3.8, 4) is 0 Å². The highest BCUT2D eigenvalue weighted by Gasteiger charge is 2.33. The van der Waals surface area contributed by atoms with E-state index in [-0.39, 0.29) is 23.2 Å². The monoisotopic (exact) mass is 334 g/mol. The van der Waals surface area contributed by atoms with E-state index in [1.807, 2.05) is 0 Å². The molecule has 7 heteroatoms. The molecule has 1 aromatic rings. The molecule has 22 heavy (non-hydrogen) atoms. The third kappa shape index (κ3) is 4.88. The van der Waals surface area contributed by atoms with Gasteiger partial charge in [-0.1, -0.05) is 30.9 Å². The Kier molecular flexibility index (Phi) is 5.69. The first-order valence-corrected chi connectivity index (χ1v) is 7.64. The van der Waals surface area contributed by atoms with Crippen LogP contribution in [0.2, 0.25) is 5.02 Å². The highest BCUT2D eigenvalue weighted by atomic mass is 35.5. The fourth-order valence-corrected chi connectivity index (χ4v) is 2.79. The molecular weight excluding hydrogens is 317 g/mol. The number of hydrogen-bond acceptors (Lipinski definition) is 2. The lowest BCUT2D eigenvalue weighted by Crippen LogP contribution is -2.37. The molecule has 122 valence electrons. The van der Waals surface area contributed by atoms with Crippen molar-refractivity contribution in [3.63, 3.8) is 0 Å². The molecule has 2 N–H and O–H groups in total. The van der Waals surface area contributed by atoms with Crippen LogP contribution in [0, 0.1) is 0 Å². The van der Waals surface area contributed by atoms with Gasteiger partial charge in [0.1, 0.15) is 0 Å². The number of amides is 1. The fourth-order valence-electron chi connectivity index (χ4n) is 2.57. The third-order valence-corrected chi connectivity index (χ3v) is 4.04. The minimum absolute atomic E-state index is 0.0900. The molecule has 2 rings (SSSR count). The number of nitrogens with one attached hydrogen (secondary N) is 2. The summed E-state index contributed by atoms with van der Waals surface area (Å²) in [5.41, 5.74) is -0.862. The van der Waals surface area contributed by atoms with E-state index in [1.165, 1.54) is 12.5 Å². The van der Waals surface area contributed by atoms with Gasteiger partial charge < -0.3 is 10.6 Å². The normalized spacial score (nSPS) is 16.5. The number of alkyl halides is 3. The van der Waals surface area contributed by atoms with Gasteiger partial charge in [-0.2, -0.15) is 13.2 Å². The topological polar surface area (TPSA) is 41.1 Å². The molecule has 0 atom stereocenters. The van der Waals surface area contributed by atoms with Gasteiger partial charge in [0.2, 0.25) is 5.91 Å². The summed E-state index contributed by atoms with van der Waals surface area (Å²) >= 11 is 5.54. The molecule has 1 aliphatic carbocycles. The molecule has 0 heterocycles. The van der Waals surface area contributed by atoms with Gasteiger partial charge in [0.25, 0.3) is 0 Å². The van der Waals surface area contributed by atoms with Crippen LogP contribution < -0.4 is 10.6 Å². The summed E-state index contributed by atoms with van der Waals surface area (Å²) in [6.07, 6.45) is 1.03. The number of benzene rings is 1. The molecule has 1 aliphatic rings. The second-order valence-corrected chi connectivity index (χ2v) is 5.86. The van der Waals surface area contributed by atoms with Crippen molar-refractivity contribution in [2.24, 2.45) is 0 Å². The Bertz CT molecular complexity index is 528. The van der Waals surface area contributed by atoms with E-state index in [2.05, 4.69) is 10.6 Å². The van der Waals surface area contributed by atoms with E-state index in [1.54, 1.807) is 0 Å². The summed E-state index contributed by atoms with van der Waals surface area (Å²) in [7, 11) is 0. The molecule has 1 aromatic carbocycles. The van der Waals surface area contributed by atoms with Gasteiger partial charge in [-0.3, -0.25) is 4.79 Å². The average Bonchev–Trinajstić information content (AvgIpc) is 2.47. The Hall–Kier alpha value is -1.27. The lowest BCUT2D eigenvalue weighted by atomic mass is 9.95. The lowest BCUT2D eigenvalue weighted by Gasteiger charge is -2.22. The second-order valence-electron chi connectivity index (χ2n) is 5.46. The summed E-state index contributed by atoms with van der Waals surface area (Å²) < 4.78 is 38.2. The van der Waals surface area contributed by atoms with Gasteiger partial charge in [0.05, 0.1) is 17.1 Å². The van der Waals surface area contributed by atoms with Crippen molar-refractivity contribution in [1.29, 1.82) is 0 Å². The van der Waals surface area contributed by atoms with Crippen LogP contribution in [0.15, 0.2) is 18.2 Å². The minimum Gasteiger partial charge on any atom is -0.325 e. The van der Waals surface area contributed by atoms with Crippen molar-refractivity contribution < 1.29 is 18.0 Å². The summed E-state index contributed by atoms with van der Waals surface area (Å²) in [6, 6.07) is 3.65. The van der Waals surface area contributed by atoms with Gasteiger partial charge in [0, 0.05) is 11.7 Å². The predicted molar refractivity (Wildman–Crippen MR) is 80.0 cm³/mol. The number of carbonyl (C=O) groups is 1. The van der Waals surface area contributed by atoms with Crippen LogP contribution in [0.25, 0.3) is 0 Å². The van der Waals surface area contributed by atoms with Gasteiger partial charge in [0.15, 0.2) is 0 Å². The van der Waals surface area contributed by atoms with Crippen molar-refractivity contribution in [3.05, 3.63) is 28.8 Å². The van der Waals surface area contributed by atoms with Crippen LogP contribution in [-0.2, 0) is 11.0 Å². The van der Waals surface area contributed by atoms with Gasteiger partial charge >= 0.3 is 6.18 Å². The first kappa shape index (κ1) is 17.1. The molecule has 0 unspecified atom stereocenters. The maximum absolute atomic E-state index is 12.7. The number of hydrogen-bond donors (Lipinski definition) is 2. The van der Waals surface area contributed by atoms with Crippen molar-refractivity contribution in [2.75, 3.05) is 11.9 Å². The molecule has 1 saturated carbocycles. The summed E-state index contributed by atoms with van der Waals surface area (Å²) in [5, 5.41) is 5.22. The molecule has 0 bridgehead atoms. The SMILES string of the molecule is O=C(CNC1CCCCC1)Nc1ccc(Cl)c(C(F)(F)F)c1. The van der Waals surface area contributed by atoms with E-state index in [0.717, 1.165) is 37.8 Å². The average molecular weight is 335 g/mol. The molecule has 1 amide bonds. The van der Waals surface area contributed by atoms with Crippen molar-refractivity contribution in [1.82, 2.24) is 5.32 Å². The predicted octanol–water partition coefficient (Wildman–Crippen LogP) is 4.22. The molecule has 0 radical (unpaired) electrons. The Balaban J connectivity index is 1.91. The van der Waals surface area contributed by atoms with Crippen LogP contribution in [0.1, 0.15) is 37.7 Å². The Morgan fingerprint density at radius 2 is 1.91 bits per heavy atom. The number of anilines is 1. The molecule has 0 saturated heterocycles. The molecular formula is C15H18ClF3N2O. The van der Waals surface area contributed by atoms with Crippen molar-refractivity contribution in [2.45, 2.75) is 44.3 Å². The standard InChI is InChI=1S/C15H18ClF3N2O/c16-13-7-6-11(8-12(13)15(17,18)19)21-14(22)9-20-10-4-2-1-3-5-10/h6-8,10,20H,1-5,9H2,(H,21,22). The quantitative estimate of drug-likeness (QED) is 0.865. The number of carbonyl (C=O) groups excluding carboxylic acids is 1. The van der Waals surface area contributed by atoms with Gasteiger partial charge in [-0.25, -0.2) is 0 Å². The number of rotatable bonds is 4. The Morgan fingerprint density at radius 1 is 1.23 bits per heavy atom. The van der Waals surface area contributed by atoms with Gasteiger partial charge in [-0.05, 0) is 31.0 Å². The molecule has 0 aromatic heterocycles. The zero-order valence-corrected chi connectivity index (χ0v) is 12.7. The van der Waals surface area contributed by atoms with E-state index in [4.69, 9.17) is 11.6 Å². The summed E-state index contributed by atoms with van der Waals surface area (Å²) in [6.45, 7) is 0.0919. The van der Waals surface area contributed by atoms with Crippen molar-refractivity contribution >= 4 is 23.2 Å². The van der Waals surface area contributed by atoms with Crippen LogP contribution in [0.3, 0.4) is 0 Å². The Morgan fingerprint density at radius 3 is 2.55 bits per heavy atom.